The molecule has 1 heteroatoms. The van der Waals surface area contributed by atoms with Crippen LogP contribution in [0.3, 0.4) is 0 Å². The van der Waals surface area contributed by atoms with Crippen LogP contribution >= 0.6 is 11.8 Å². The molecule has 0 N–H and O–H groups in total. The van der Waals surface area contributed by atoms with E-state index >= 15 is 0 Å². The van der Waals surface area contributed by atoms with Crippen LogP contribution in [-0.4, -0.2) is 5.25 Å². The Balaban J connectivity index is 0.000000396. The smallest absolute Gasteiger partial charge is 0.0107 e. The lowest BCUT2D eigenvalue weighted by molar-refractivity contribution is 0.969. The van der Waals surface area contributed by atoms with E-state index in [-0.39, 0.29) is 0 Å². The molecule has 0 spiro atoms. The average Bonchev–Trinajstić information content (AvgIpc) is 2.36. The maximum atomic E-state index is 2.29. The molecule has 1 aliphatic heterocycles. The van der Waals surface area contributed by atoms with Gasteiger partial charge in [-0.1, -0.05) is 45.1 Å². The van der Waals surface area contributed by atoms with Crippen molar-refractivity contribution in [3.05, 3.63) is 34.8 Å². The van der Waals surface area contributed by atoms with Crippen molar-refractivity contribution >= 4 is 11.8 Å². The molecule has 0 aromatic heterocycles. The summed E-state index contributed by atoms with van der Waals surface area (Å²) in [5, 5.41) is 0.785. The first-order chi connectivity index (χ1) is 6.36. The predicted molar refractivity (Wildman–Crippen MR) is 62.9 cm³/mol. The summed E-state index contributed by atoms with van der Waals surface area (Å²) in [4.78, 5) is 1.49. The van der Waals surface area contributed by atoms with Gasteiger partial charge in [-0.3, -0.25) is 0 Å². The Morgan fingerprint density at radius 1 is 1.23 bits per heavy atom. The van der Waals surface area contributed by atoms with E-state index in [2.05, 4.69) is 31.2 Å². The van der Waals surface area contributed by atoms with Crippen molar-refractivity contribution in [2.75, 3.05) is 0 Å². The molecule has 1 aliphatic carbocycles. The molecule has 13 heavy (non-hydrogen) atoms. The predicted octanol–water partition coefficient (Wildman–Crippen LogP) is 4.31. The summed E-state index contributed by atoms with van der Waals surface area (Å²) >= 11 is 2.00. The monoisotopic (exact) mass is 194 g/mol. The fourth-order valence-electron chi connectivity index (χ4n) is 1.50. The van der Waals surface area contributed by atoms with Crippen LogP contribution in [0.1, 0.15) is 33.6 Å². The molecule has 1 heterocycles. The number of thioether (sulfide) groups is 1. The van der Waals surface area contributed by atoms with Crippen molar-refractivity contribution in [1.29, 1.82) is 0 Å². The minimum Gasteiger partial charge on any atom is -0.122 e. The molecule has 0 aromatic carbocycles. The van der Waals surface area contributed by atoms with E-state index in [9.17, 15) is 0 Å². The lowest BCUT2D eigenvalue weighted by Gasteiger charge is -1.97. The van der Waals surface area contributed by atoms with Gasteiger partial charge in [-0.2, -0.15) is 0 Å². The van der Waals surface area contributed by atoms with Gasteiger partial charge in [0.25, 0.3) is 0 Å². The summed E-state index contributed by atoms with van der Waals surface area (Å²) in [7, 11) is 0. The van der Waals surface area contributed by atoms with Crippen LogP contribution in [0.4, 0.5) is 0 Å². The standard InChI is InChI=1S/C10H12S.C2H6/c1-8-7-9-5-3-2-4-6-10(9)11-8;1-2/h3-6,8H,2,7H2,1H3;1-2H3. The highest BCUT2D eigenvalue weighted by Gasteiger charge is 2.18. The molecular weight excluding hydrogens is 176 g/mol. The fraction of sp³-hybridized carbons (Fsp3) is 0.500. The molecule has 0 fully saturated rings. The molecule has 1 atom stereocenters. The van der Waals surface area contributed by atoms with Crippen LogP contribution in [0.15, 0.2) is 34.8 Å². The van der Waals surface area contributed by atoms with Crippen molar-refractivity contribution in [3.63, 3.8) is 0 Å². The molecule has 0 aromatic rings. The van der Waals surface area contributed by atoms with Crippen LogP contribution in [0.2, 0.25) is 0 Å². The van der Waals surface area contributed by atoms with Crippen molar-refractivity contribution < 1.29 is 0 Å². The van der Waals surface area contributed by atoms with Gasteiger partial charge >= 0.3 is 0 Å². The summed E-state index contributed by atoms with van der Waals surface area (Å²) in [5.41, 5.74) is 1.54. The highest BCUT2D eigenvalue weighted by atomic mass is 32.2. The van der Waals surface area contributed by atoms with Gasteiger partial charge in [0.15, 0.2) is 0 Å². The topological polar surface area (TPSA) is 0 Å². The second-order valence-electron chi connectivity index (χ2n) is 3.06. The third kappa shape index (κ3) is 2.77. The molecular formula is C12H18S. The first-order valence-electron chi connectivity index (χ1n) is 5.09. The van der Waals surface area contributed by atoms with Crippen molar-refractivity contribution in [3.8, 4) is 0 Å². The minimum atomic E-state index is 0.785. The maximum absolute atomic E-state index is 2.29. The zero-order valence-corrected chi connectivity index (χ0v) is 9.53. The molecule has 2 aliphatic rings. The van der Waals surface area contributed by atoms with Gasteiger partial charge in [-0.25, -0.2) is 0 Å². The largest absolute Gasteiger partial charge is 0.122 e. The summed E-state index contributed by atoms with van der Waals surface area (Å²) < 4.78 is 0. The average molecular weight is 194 g/mol. The first kappa shape index (κ1) is 10.6. The van der Waals surface area contributed by atoms with Gasteiger partial charge < -0.3 is 0 Å². The number of hydrogen-bond acceptors (Lipinski definition) is 1. The normalized spacial score (nSPS) is 25.0. The van der Waals surface area contributed by atoms with E-state index in [1.807, 2.05) is 25.6 Å². The lowest BCUT2D eigenvalue weighted by Crippen LogP contribution is -1.87. The Morgan fingerprint density at radius 2 is 1.92 bits per heavy atom. The minimum absolute atomic E-state index is 0.785. The van der Waals surface area contributed by atoms with Crippen molar-refractivity contribution in [2.24, 2.45) is 0 Å². The van der Waals surface area contributed by atoms with Gasteiger partial charge in [0.1, 0.15) is 0 Å². The van der Waals surface area contributed by atoms with Crippen LogP contribution in [0.25, 0.3) is 0 Å². The van der Waals surface area contributed by atoms with E-state index in [1.165, 1.54) is 16.9 Å². The molecule has 1 unspecified atom stereocenters. The van der Waals surface area contributed by atoms with E-state index in [1.54, 1.807) is 0 Å². The summed E-state index contributed by atoms with van der Waals surface area (Å²) in [5.74, 6) is 0. The highest BCUT2D eigenvalue weighted by Crippen LogP contribution is 2.39. The van der Waals surface area contributed by atoms with E-state index in [0.717, 1.165) is 11.7 Å². The molecule has 72 valence electrons. The Kier molecular flexibility index (Phi) is 4.37. The Morgan fingerprint density at radius 3 is 2.69 bits per heavy atom. The van der Waals surface area contributed by atoms with Gasteiger partial charge in [0, 0.05) is 10.2 Å². The molecule has 0 bridgehead atoms. The molecule has 2 rings (SSSR count). The first-order valence-corrected chi connectivity index (χ1v) is 5.97. The lowest BCUT2D eigenvalue weighted by atomic mass is 10.1. The zero-order valence-electron chi connectivity index (χ0n) is 8.71. The number of allylic oxidation sites excluding steroid dienone is 5. The summed E-state index contributed by atoms with van der Waals surface area (Å²) in [6.45, 7) is 6.29. The molecule has 0 radical (unpaired) electrons. The van der Waals surface area contributed by atoms with Crippen molar-refractivity contribution in [2.45, 2.75) is 38.9 Å². The van der Waals surface area contributed by atoms with Crippen LogP contribution in [0.5, 0.6) is 0 Å². The van der Waals surface area contributed by atoms with Gasteiger partial charge in [-0.15, -0.1) is 11.8 Å². The summed E-state index contributed by atoms with van der Waals surface area (Å²) in [6, 6.07) is 0. The molecule has 0 amide bonds. The Bertz CT molecular complexity index is 222. The molecule has 0 saturated heterocycles. The van der Waals surface area contributed by atoms with E-state index in [0.29, 0.717) is 0 Å². The second kappa shape index (κ2) is 5.33. The highest BCUT2D eigenvalue weighted by molar-refractivity contribution is 8.04. The Labute approximate surface area is 85.8 Å². The van der Waals surface area contributed by atoms with E-state index < -0.39 is 0 Å². The quantitative estimate of drug-likeness (QED) is 0.554. The van der Waals surface area contributed by atoms with Crippen LogP contribution < -0.4 is 0 Å². The molecule has 0 nitrogen and oxygen atoms in total. The Hall–Kier alpha value is -0.430. The maximum Gasteiger partial charge on any atom is 0.0107 e. The second-order valence-corrected chi connectivity index (χ2v) is 4.54. The van der Waals surface area contributed by atoms with Crippen LogP contribution in [-0.2, 0) is 0 Å². The number of hydrogen-bond donors (Lipinski definition) is 0. The van der Waals surface area contributed by atoms with E-state index in [4.69, 9.17) is 0 Å². The third-order valence-electron chi connectivity index (χ3n) is 2.01. The van der Waals surface area contributed by atoms with Crippen molar-refractivity contribution in [1.82, 2.24) is 0 Å². The van der Waals surface area contributed by atoms with Gasteiger partial charge in [0.2, 0.25) is 0 Å². The summed E-state index contributed by atoms with van der Waals surface area (Å²) in [6.07, 6.45) is 11.4. The van der Waals surface area contributed by atoms with Crippen LogP contribution in [0, 0.1) is 0 Å². The SMILES string of the molecule is CC.CC1CC2=C(C=CCC=C2)S1. The number of rotatable bonds is 0. The fourth-order valence-corrected chi connectivity index (χ4v) is 2.68. The molecule has 0 saturated carbocycles. The zero-order chi connectivity index (χ0) is 9.68. The van der Waals surface area contributed by atoms with Gasteiger partial charge in [0.05, 0.1) is 0 Å². The van der Waals surface area contributed by atoms with Gasteiger partial charge in [-0.05, 0) is 18.4 Å². The third-order valence-corrected chi connectivity index (χ3v) is 3.23.